The van der Waals surface area contributed by atoms with Crippen LogP contribution in [0.3, 0.4) is 0 Å². The maximum atomic E-state index is 11.0. The van der Waals surface area contributed by atoms with Crippen LogP contribution in [0, 0.1) is 5.92 Å². The number of carbonyl (C=O) groups is 2. The van der Waals surface area contributed by atoms with Crippen LogP contribution in [0.5, 0.6) is 0 Å². The van der Waals surface area contributed by atoms with Crippen LogP contribution in [0.2, 0.25) is 0 Å². The van der Waals surface area contributed by atoms with E-state index >= 15 is 0 Å². The number of allylic oxidation sites excluding steroid dienone is 4. The van der Waals surface area contributed by atoms with Crippen LogP contribution in [0.1, 0.15) is 142 Å². The maximum absolute atomic E-state index is 11.0. The van der Waals surface area contributed by atoms with E-state index in [0.29, 0.717) is 0 Å². The quantitative estimate of drug-likeness (QED) is 0.104. The van der Waals surface area contributed by atoms with Gasteiger partial charge in [0.05, 0.1) is 12.3 Å². The summed E-state index contributed by atoms with van der Waals surface area (Å²) in [6, 6.07) is 0. The van der Waals surface area contributed by atoms with Gasteiger partial charge in [0.15, 0.2) is 0 Å². The van der Waals surface area contributed by atoms with Crippen molar-refractivity contribution in [3.63, 3.8) is 0 Å². The molecule has 1 atom stereocenters. The fourth-order valence-corrected chi connectivity index (χ4v) is 4.14. The lowest BCUT2D eigenvalue weighted by Gasteiger charge is -2.05. The molecule has 4 heteroatoms. The minimum absolute atomic E-state index is 0.255. The van der Waals surface area contributed by atoms with Crippen LogP contribution in [0.25, 0.3) is 0 Å². The molecule has 0 radical (unpaired) electrons. The first-order valence-electron chi connectivity index (χ1n) is 13.8. The Morgan fingerprint density at radius 3 is 1.39 bits per heavy atom. The van der Waals surface area contributed by atoms with Crippen molar-refractivity contribution in [2.45, 2.75) is 142 Å². The van der Waals surface area contributed by atoms with Crippen molar-refractivity contribution in [3.05, 3.63) is 24.3 Å². The molecule has 33 heavy (non-hydrogen) atoms. The van der Waals surface area contributed by atoms with Gasteiger partial charge in [-0.2, -0.15) is 0 Å². The monoisotopic (exact) mass is 464 g/mol. The highest BCUT2D eigenvalue weighted by Crippen LogP contribution is 2.15. The van der Waals surface area contributed by atoms with Gasteiger partial charge in [-0.3, -0.25) is 9.59 Å². The van der Waals surface area contributed by atoms with Crippen molar-refractivity contribution in [1.29, 1.82) is 0 Å². The number of aliphatic carboxylic acids is 2. The Morgan fingerprint density at radius 1 is 0.606 bits per heavy atom. The molecule has 0 aromatic heterocycles. The van der Waals surface area contributed by atoms with Gasteiger partial charge < -0.3 is 10.2 Å². The maximum Gasteiger partial charge on any atom is 0.307 e. The van der Waals surface area contributed by atoms with E-state index in [1.807, 2.05) is 12.2 Å². The Balaban J connectivity index is 3.33. The first kappa shape index (κ1) is 31.4. The van der Waals surface area contributed by atoms with Gasteiger partial charge in [-0.15, -0.1) is 0 Å². The Hall–Kier alpha value is -1.58. The summed E-state index contributed by atoms with van der Waals surface area (Å²) in [7, 11) is 0. The van der Waals surface area contributed by atoms with Crippen LogP contribution in [0.15, 0.2) is 24.3 Å². The van der Waals surface area contributed by atoms with E-state index in [1.165, 1.54) is 116 Å². The smallest absolute Gasteiger partial charge is 0.307 e. The highest BCUT2D eigenvalue weighted by Gasteiger charge is 2.18. The topological polar surface area (TPSA) is 74.6 Å². The zero-order valence-electron chi connectivity index (χ0n) is 21.4. The summed E-state index contributed by atoms with van der Waals surface area (Å²) in [4.78, 5) is 21.6. The third-order valence-corrected chi connectivity index (χ3v) is 6.30. The molecule has 0 aromatic rings. The van der Waals surface area contributed by atoms with Gasteiger partial charge in [0.25, 0.3) is 0 Å². The van der Waals surface area contributed by atoms with E-state index in [9.17, 15) is 9.59 Å². The van der Waals surface area contributed by atoms with Gasteiger partial charge in [0.1, 0.15) is 0 Å². The number of hydrogen-bond donors (Lipinski definition) is 2. The molecule has 0 aliphatic carbocycles. The molecule has 0 rings (SSSR count). The van der Waals surface area contributed by atoms with Crippen LogP contribution >= 0.6 is 0 Å². The summed E-state index contributed by atoms with van der Waals surface area (Å²) in [6.45, 7) is 2.28. The molecule has 0 aromatic carbocycles. The van der Waals surface area contributed by atoms with Gasteiger partial charge in [0, 0.05) is 0 Å². The Kier molecular flexibility index (Phi) is 23.9. The Bertz CT molecular complexity index is 510. The second kappa shape index (κ2) is 25.1. The average Bonchev–Trinajstić information content (AvgIpc) is 2.78. The Labute approximate surface area is 203 Å². The van der Waals surface area contributed by atoms with Crippen molar-refractivity contribution in [3.8, 4) is 0 Å². The standard InChI is InChI=1S/C29H52O4/c1-2-3-4-5-6-7-8-9-10-11-12-13-14-15-16-17-18-19-20-21-22-23-24-25-27(29(32)33)26-28(30)31/h21-24,27H,2-20,25-26H2,1H3,(H,30,31)(H,32,33)/b22-21+,24-23+. The van der Waals surface area contributed by atoms with E-state index in [-0.39, 0.29) is 12.8 Å². The molecule has 0 saturated heterocycles. The van der Waals surface area contributed by atoms with Crippen molar-refractivity contribution in [2.24, 2.45) is 5.92 Å². The predicted octanol–water partition coefficient (Wildman–Crippen LogP) is 9.10. The number of carboxylic acids is 2. The van der Waals surface area contributed by atoms with Gasteiger partial charge in [-0.05, 0) is 19.3 Å². The Morgan fingerprint density at radius 2 is 1.00 bits per heavy atom. The zero-order chi connectivity index (χ0) is 24.4. The minimum Gasteiger partial charge on any atom is -0.481 e. The largest absolute Gasteiger partial charge is 0.481 e. The summed E-state index contributed by atoms with van der Waals surface area (Å²) in [5, 5.41) is 17.7. The molecule has 0 aliphatic heterocycles. The molecule has 4 nitrogen and oxygen atoms in total. The van der Waals surface area contributed by atoms with Crippen molar-refractivity contribution in [2.75, 3.05) is 0 Å². The third kappa shape index (κ3) is 24.9. The zero-order valence-corrected chi connectivity index (χ0v) is 21.4. The SMILES string of the molecule is CCCCCCCCCCCCCCCCCCCC/C=C/C=C/CC(CC(=O)O)C(=O)O. The summed E-state index contributed by atoms with van der Waals surface area (Å²) >= 11 is 0. The normalized spacial score (nSPS) is 12.6. The lowest BCUT2D eigenvalue weighted by molar-refractivity contribution is -0.148. The van der Waals surface area contributed by atoms with Crippen molar-refractivity contribution in [1.82, 2.24) is 0 Å². The molecule has 0 amide bonds. The lowest BCUT2D eigenvalue weighted by atomic mass is 10.0. The van der Waals surface area contributed by atoms with Crippen LogP contribution in [-0.4, -0.2) is 22.2 Å². The number of unbranched alkanes of at least 4 members (excludes halogenated alkanes) is 18. The molecule has 192 valence electrons. The van der Waals surface area contributed by atoms with Gasteiger partial charge in [-0.1, -0.05) is 140 Å². The molecule has 0 fully saturated rings. The fourth-order valence-electron chi connectivity index (χ4n) is 4.14. The minimum atomic E-state index is -1.07. The van der Waals surface area contributed by atoms with Crippen molar-refractivity contribution < 1.29 is 19.8 Å². The second-order valence-corrected chi connectivity index (χ2v) is 9.52. The fraction of sp³-hybridized carbons (Fsp3) is 0.793. The van der Waals surface area contributed by atoms with E-state index < -0.39 is 17.9 Å². The van der Waals surface area contributed by atoms with Gasteiger partial charge in [-0.25, -0.2) is 0 Å². The molecular formula is C29H52O4. The summed E-state index contributed by atoms with van der Waals surface area (Å²) < 4.78 is 0. The van der Waals surface area contributed by atoms with E-state index in [2.05, 4.69) is 13.0 Å². The van der Waals surface area contributed by atoms with E-state index in [0.717, 1.165) is 6.42 Å². The second-order valence-electron chi connectivity index (χ2n) is 9.52. The third-order valence-electron chi connectivity index (χ3n) is 6.30. The van der Waals surface area contributed by atoms with Gasteiger partial charge >= 0.3 is 11.9 Å². The van der Waals surface area contributed by atoms with Crippen molar-refractivity contribution >= 4 is 11.9 Å². The van der Waals surface area contributed by atoms with Gasteiger partial charge in [0.2, 0.25) is 0 Å². The highest BCUT2D eigenvalue weighted by molar-refractivity contribution is 5.77. The number of hydrogen-bond acceptors (Lipinski definition) is 2. The first-order chi connectivity index (χ1) is 16.1. The van der Waals surface area contributed by atoms with E-state index in [1.54, 1.807) is 6.08 Å². The van der Waals surface area contributed by atoms with Crippen LogP contribution < -0.4 is 0 Å². The molecule has 0 heterocycles. The summed E-state index contributed by atoms with van der Waals surface area (Å²) in [6.07, 6.45) is 33.5. The van der Waals surface area contributed by atoms with Crippen LogP contribution in [0.4, 0.5) is 0 Å². The molecular weight excluding hydrogens is 412 g/mol. The predicted molar refractivity (Wildman–Crippen MR) is 140 cm³/mol. The summed E-state index contributed by atoms with van der Waals surface area (Å²) in [5.74, 6) is -2.97. The highest BCUT2D eigenvalue weighted by atomic mass is 16.4. The number of rotatable bonds is 25. The first-order valence-corrected chi connectivity index (χ1v) is 13.8. The van der Waals surface area contributed by atoms with Crippen LogP contribution in [-0.2, 0) is 9.59 Å². The molecule has 0 aliphatic rings. The lowest BCUT2D eigenvalue weighted by Crippen LogP contribution is -2.16. The molecule has 0 saturated carbocycles. The molecule has 2 N–H and O–H groups in total. The molecule has 0 bridgehead atoms. The number of carboxylic acid groups (broad SMARTS) is 2. The molecule has 0 spiro atoms. The molecule has 1 unspecified atom stereocenters. The summed E-state index contributed by atoms with van der Waals surface area (Å²) in [5.41, 5.74) is 0. The average molecular weight is 465 g/mol. The van der Waals surface area contributed by atoms with E-state index in [4.69, 9.17) is 10.2 Å².